The molecule has 0 aliphatic heterocycles. The van der Waals surface area contributed by atoms with Crippen LogP contribution in [0.1, 0.15) is 61.3 Å². The molecule has 0 aliphatic carbocycles. The van der Waals surface area contributed by atoms with Crippen LogP contribution in [0.25, 0.3) is 0 Å². The molecule has 0 aromatic rings. The van der Waals surface area contributed by atoms with Crippen molar-refractivity contribution in [2.75, 3.05) is 6.16 Å². The third-order valence-corrected chi connectivity index (χ3v) is 19.1. The summed E-state index contributed by atoms with van der Waals surface area (Å²) in [5, 5.41) is 0.0668. The fourth-order valence-electron chi connectivity index (χ4n) is 1.43. The second kappa shape index (κ2) is 7.22. The van der Waals surface area contributed by atoms with Crippen molar-refractivity contribution < 1.29 is 13.0 Å². The lowest BCUT2D eigenvalue weighted by Crippen LogP contribution is -2.44. The van der Waals surface area contributed by atoms with Crippen LogP contribution in [0.4, 0.5) is 0 Å². The van der Waals surface area contributed by atoms with Gasteiger partial charge in [0.1, 0.15) is 0 Å². The van der Waals surface area contributed by atoms with Crippen molar-refractivity contribution in [1.29, 1.82) is 0 Å². The highest BCUT2D eigenvalue weighted by molar-refractivity contribution is 7.57. The maximum atomic E-state index is 13.5. The highest BCUT2D eigenvalue weighted by Crippen LogP contribution is 2.59. The summed E-state index contributed by atoms with van der Waals surface area (Å²) in [4.78, 5) is 0. The van der Waals surface area contributed by atoms with Crippen LogP contribution in [-0.4, -0.2) is 22.8 Å². The van der Waals surface area contributed by atoms with Crippen LogP contribution in [0, 0.1) is 0 Å². The first-order chi connectivity index (χ1) is 9.47. The molecule has 0 saturated heterocycles. The minimum atomic E-state index is -3.05. The topological polar surface area (TPSA) is 35.5 Å². The summed E-state index contributed by atoms with van der Waals surface area (Å²) in [6, 6.07) is 0. The van der Waals surface area contributed by atoms with Crippen LogP contribution in [0.3, 0.4) is 0 Å². The third kappa shape index (κ3) is 6.23. The van der Waals surface area contributed by atoms with Crippen LogP contribution in [0.5, 0.6) is 0 Å². The average Bonchev–Trinajstić information content (AvgIpc) is 2.21. The van der Waals surface area contributed by atoms with Crippen LogP contribution in [0.2, 0.25) is 36.3 Å². The molecule has 0 N–H and O–H groups in total. The van der Waals surface area contributed by atoms with Gasteiger partial charge in [0.25, 0.3) is 0 Å². The molecule has 134 valence electrons. The second-order valence-electron chi connectivity index (χ2n) is 9.39. The minimum absolute atomic E-state index is 0.0334. The standard InChI is InChI=1S/C16H39O3PSi2/c1-12-13-14-20(17,18-21(8,9)15(2,3)4)19-22(10,11)16(5,6)7/h12-14H2,1-11H3. The maximum Gasteiger partial charge on any atom is 0.311 e. The Morgan fingerprint density at radius 2 is 1.14 bits per heavy atom. The van der Waals surface area contributed by atoms with Gasteiger partial charge in [-0.15, -0.1) is 0 Å². The van der Waals surface area contributed by atoms with Crippen molar-refractivity contribution in [1.82, 2.24) is 0 Å². The highest BCUT2D eigenvalue weighted by Gasteiger charge is 2.48. The Labute approximate surface area is 141 Å². The Balaban J connectivity index is 5.48. The fraction of sp³-hybridized carbons (Fsp3) is 1.00. The number of rotatable bonds is 7. The van der Waals surface area contributed by atoms with E-state index in [0.717, 1.165) is 12.8 Å². The van der Waals surface area contributed by atoms with Gasteiger partial charge in [-0.3, -0.25) is 4.57 Å². The van der Waals surface area contributed by atoms with E-state index < -0.39 is 24.2 Å². The molecule has 0 aliphatic rings. The summed E-state index contributed by atoms with van der Waals surface area (Å²) < 4.78 is 26.2. The molecule has 0 fully saturated rings. The van der Waals surface area contributed by atoms with Crippen LogP contribution >= 0.6 is 7.60 Å². The molecule has 0 amide bonds. The van der Waals surface area contributed by atoms with Gasteiger partial charge in [-0.05, 0) is 42.7 Å². The van der Waals surface area contributed by atoms with Gasteiger partial charge in [-0.1, -0.05) is 54.9 Å². The Kier molecular flexibility index (Phi) is 7.41. The lowest BCUT2D eigenvalue weighted by atomic mass is 10.2. The van der Waals surface area contributed by atoms with Crippen LogP contribution in [-0.2, 0) is 13.0 Å². The Bertz CT molecular complexity index is 375. The summed E-state index contributed by atoms with van der Waals surface area (Å²) >= 11 is 0. The Morgan fingerprint density at radius 1 is 0.818 bits per heavy atom. The third-order valence-electron chi connectivity index (χ3n) is 5.13. The molecule has 0 radical (unpaired) electrons. The minimum Gasteiger partial charge on any atom is -0.351 e. The molecule has 0 rings (SSSR count). The summed E-state index contributed by atoms with van der Waals surface area (Å²) in [7, 11) is -7.28. The zero-order chi connectivity index (χ0) is 18.0. The van der Waals surface area contributed by atoms with Gasteiger partial charge in [-0.25, -0.2) is 0 Å². The second-order valence-corrected chi connectivity index (χ2v) is 21.6. The van der Waals surface area contributed by atoms with E-state index in [2.05, 4.69) is 74.7 Å². The quantitative estimate of drug-likeness (QED) is 0.358. The molecule has 0 aromatic carbocycles. The van der Waals surface area contributed by atoms with E-state index in [4.69, 9.17) is 8.43 Å². The Hall–Kier alpha value is 0.584. The van der Waals surface area contributed by atoms with Crippen molar-refractivity contribution in [3.05, 3.63) is 0 Å². The van der Waals surface area contributed by atoms with Gasteiger partial charge < -0.3 is 8.43 Å². The first kappa shape index (κ1) is 22.6. The van der Waals surface area contributed by atoms with E-state index in [9.17, 15) is 4.57 Å². The molecule has 0 aromatic heterocycles. The van der Waals surface area contributed by atoms with Gasteiger partial charge in [0.05, 0.1) is 0 Å². The van der Waals surface area contributed by atoms with E-state index in [0.29, 0.717) is 6.16 Å². The predicted molar refractivity (Wildman–Crippen MR) is 104 cm³/mol. The SMILES string of the molecule is CCCCP(=O)(O[Si](C)(C)C(C)(C)C)O[Si](C)(C)C(C)(C)C. The van der Waals surface area contributed by atoms with E-state index in [1.165, 1.54) is 0 Å². The predicted octanol–water partition coefficient (Wildman–Crippen LogP) is 7.02. The Morgan fingerprint density at radius 3 is 1.36 bits per heavy atom. The zero-order valence-corrected chi connectivity index (χ0v) is 19.7. The molecular formula is C16H39O3PSi2. The fourth-order valence-corrected chi connectivity index (χ4v) is 11.1. The van der Waals surface area contributed by atoms with Crippen molar-refractivity contribution in [2.45, 2.75) is 97.6 Å². The van der Waals surface area contributed by atoms with Crippen molar-refractivity contribution >= 4 is 24.2 Å². The van der Waals surface area contributed by atoms with Gasteiger partial charge in [-0.2, -0.15) is 0 Å². The van der Waals surface area contributed by atoms with Gasteiger partial charge in [0, 0.05) is 6.16 Å². The first-order valence-electron chi connectivity index (χ1n) is 8.48. The molecule has 0 saturated carbocycles. The molecule has 6 heteroatoms. The number of hydrogen-bond donors (Lipinski definition) is 0. The van der Waals surface area contributed by atoms with Gasteiger partial charge >= 0.3 is 7.60 Å². The molecule has 0 unspecified atom stereocenters. The van der Waals surface area contributed by atoms with Gasteiger partial charge in [0.2, 0.25) is 16.6 Å². The lowest BCUT2D eigenvalue weighted by molar-refractivity contribution is 0.355. The molecule has 0 spiro atoms. The molecule has 22 heavy (non-hydrogen) atoms. The van der Waals surface area contributed by atoms with Crippen molar-refractivity contribution in [2.24, 2.45) is 0 Å². The zero-order valence-electron chi connectivity index (χ0n) is 16.8. The average molecular weight is 367 g/mol. The monoisotopic (exact) mass is 366 g/mol. The molecule has 0 atom stereocenters. The van der Waals surface area contributed by atoms with E-state index in [1.807, 2.05) is 0 Å². The molecule has 3 nitrogen and oxygen atoms in total. The molecule has 0 bridgehead atoms. The van der Waals surface area contributed by atoms with Gasteiger partial charge in [0.15, 0.2) is 0 Å². The van der Waals surface area contributed by atoms with Crippen LogP contribution in [0.15, 0.2) is 0 Å². The van der Waals surface area contributed by atoms with Crippen molar-refractivity contribution in [3.8, 4) is 0 Å². The first-order valence-corrected chi connectivity index (χ1v) is 16.0. The molecular weight excluding hydrogens is 327 g/mol. The van der Waals surface area contributed by atoms with Crippen molar-refractivity contribution in [3.63, 3.8) is 0 Å². The highest BCUT2D eigenvalue weighted by atomic mass is 31.2. The molecule has 0 heterocycles. The van der Waals surface area contributed by atoms with E-state index in [1.54, 1.807) is 0 Å². The largest absolute Gasteiger partial charge is 0.351 e. The smallest absolute Gasteiger partial charge is 0.311 e. The summed E-state index contributed by atoms with van der Waals surface area (Å²) in [5.74, 6) is 0. The normalized spacial score (nSPS) is 15.2. The van der Waals surface area contributed by atoms with Crippen LogP contribution < -0.4 is 0 Å². The number of hydrogen-bond acceptors (Lipinski definition) is 3. The maximum absolute atomic E-state index is 13.5. The summed E-state index contributed by atoms with van der Waals surface area (Å²) in [5.41, 5.74) is 0. The summed E-state index contributed by atoms with van der Waals surface area (Å²) in [6.07, 6.45) is 2.44. The van der Waals surface area contributed by atoms with E-state index >= 15 is 0 Å². The summed E-state index contributed by atoms with van der Waals surface area (Å²) in [6.45, 7) is 23.8. The number of unbranched alkanes of at least 4 members (excludes halogenated alkanes) is 1. The lowest BCUT2D eigenvalue weighted by Gasteiger charge is -2.43. The van der Waals surface area contributed by atoms with E-state index in [-0.39, 0.29) is 10.1 Å².